The van der Waals surface area contributed by atoms with Crippen LogP contribution in [0.3, 0.4) is 0 Å². The number of carbonyl (C=O) groups excluding carboxylic acids is 1. The summed E-state index contributed by atoms with van der Waals surface area (Å²) in [6, 6.07) is 3.75. The molecule has 0 saturated heterocycles. The summed E-state index contributed by atoms with van der Waals surface area (Å²) < 4.78 is 0. The summed E-state index contributed by atoms with van der Waals surface area (Å²) in [6.07, 6.45) is 5.32. The second-order valence-corrected chi connectivity index (χ2v) is 3.53. The maximum Gasteiger partial charge on any atom is 0.137 e. The van der Waals surface area contributed by atoms with Gasteiger partial charge in [0.05, 0.1) is 0 Å². The minimum atomic E-state index is 0.263. The molecule has 0 spiro atoms. The molecule has 0 aromatic carbocycles. The lowest BCUT2D eigenvalue weighted by Gasteiger charge is -2.00. The van der Waals surface area contributed by atoms with Gasteiger partial charge in [0.2, 0.25) is 0 Å². The fourth-order valence-electron chi connectivity index (χ4n) is 1.17. The first-order valence-electron chi connectivity index (χ1n) is 4.73. The third-order valence-corrected chi connectivity index (χ3v) is 1.98. The molecular weight excluding hydrogens is 174 g/mol. The van der Waals surface area contributed by atoms with Crippen molar-refractivity contribution in [3.63, 3.8) is 0 Å². The number of ketones is 1. The molecule has 0 aliphatic heterocycles. The number of rotatable bonds is 5. The smallest absolute Gasteiger partial charge is 0.137 e. The molecule has 0 amide bonds. The van der Waals surface area contributed by atoms with Gasteiger partial charge in [0.15, 0.2) is 0 Å². The third kappa shape index (κ3) is 3.99. The average molecular weight is 189 g/mol. The third-order valence-electron chi connectivity index (χ3n) is 1.98. The van der Waals surface area contributed by atoms with Crippen LogP contribution in [0.4, 0.5) is 0 Å². The van der Waals surface area contributed by atoms with Crippen LogP contribution in [0.25, 0.3) is 0 Å². The molecule has 74 valence electrons. The molecule has 1 heterocycles. The second kappa shape index (κ2) is 5.32. The highest BCUT2D eigenvalue weighted by molar-refractivity contribution is 5.80. The Morgan fingerprint density at radius 3 is 2.57 bits per heavy atom. The first-order valence-corrected chi connectivity index (χ1v) is 4.73. The first kappa shape index (κ1) is 10.6. The number of Topliss-reactive ketones (excluding diaryl/α,β-unsaturated/α-hetero) is 1. The lowest BCUT2D eigenvalue weighted by atomic mass is 10.1. The second-order valence-electron chi connectivity index (χ2n) is 3.53. The molecule has 0 N–H and O–H groups in total. The molecule has 1 rings (SSSR count). The summed E-state index contributed by atoms with van der Waals surface area (Å²) in [6.45, 7) is 5.72. The van der Waals surface area contributed by atoms with Gasteiger partial charge >= 0.3 is 0 Å². The number of nitrogens with zero attached hydrogens (tertiary/aromatic N) is 1. The number of allylic oxidation sites excluding steroid dienone is 1. The molecule has 0 aliphatic rings. The van der Waals surface area contributed by atoms with E-state index in [1.54, 1.807) is 12.4 Å². The van der Waals surface area contributed by atoms with E-state index in [1.807, 2.05) is 19.1 Å². The van der Waals surface area contributed by atoms with Gasteiger partial charge in [-0.05, 0) is 31.0 Å². The number of pyridine rings is 1. The molecule has 14 heavy (non-hydrogen) atoms. The SMILES string of the molecule is C=C(C)CCC(=O)Cc1ccncc1. The average Bonchev–Trinajstić information content (AvgIpc) is 2.16. The van der Waals surface area contributed by atoms with Crippen molar-refractivity contribution in [1.29, 1.82) is 0 Å². The van der Waals surface area contributed by atoms with Gasteiger partial charge in [0.1, 0.15) is 5.78 Å². The summed E-state index contributed by atoms with van der Waals surface area (Å²) in [5.41, 5.74) is 2.10. The van der Waals surface area contributed by atoms with Gasteiger partial charge in [-0.1, -0.05) is 5.57 Å². The van der Waals surface area contributed by atoms with E-state index in [4.69, 9.17) is 0 Å². The van der Waals surface area contributed by atoms with E-state index in [-0.39, 0.29) is 5.78 Å². The predicted octanol–water partition coefficient (Wildman–Crippen LogP) is 2.55. The van der Waals surface area contributed by atoms with E-state index >= 15 is 0 Å². The predicted molar refractivity (Wildman–Crippen MR) is 57.0 cm³/mol. The van der Waals surface area contributed by atoms with Crippen LogP contribution in [-0.2, 0) is 11.2 Å². The minimum absolute atomic E-state index is 0.263. The van der Waals surface area contributed by atoms with Crippen LogP contribution in [-0.4, -0.2) is 10.8 Å². The van der Waals surface area contributed by atoms with Crippen LogP contribution in [0.2, 0.25) is 0 Å². The van der Waals surface area contributed by atoms with Crippen LogP contribution in [0, 0.1) is 0 Å². The maximum absolute atomic E-state index is 11.5. The molecular formula is C12H15NO. The summed E-state index contributed by atoms with van der Waals surface area (Å²) >= 11 is 0. The quantitative estimate of drug-likeness (QED) is 0.666. The fourth-order valence-corrected chi connectivity index (χ4v) is 1.17. The van der Waals surface area contributed by atoms with Crippen molar-refractivity contribution in [2.45, 2.75) is 26.2 Å². The van der Waals surface area contributed by atoms with Gasteiger partial charge in [-0.25, -0.2) is 0 Å². The van der Waals surface area contributed by atoms with E-state index < -0.39 is 0 Å². The largest absolute Gasteiger partial charge is 0.299 e. The zero-order chi connectivity index (χ0) is 10.4. The number of hydrogen-bond donors (Lipinski definition) is 0. The van der Waals surface area contributed by atoms with Crippen molar-refractivity contribution < 1.29 is 4.79 Å². The normalized spacial score (nSPS) is 9.79. The Balaban J connectivity index is 2.38. The van der Waals surface area contributed by atoms with Crippen LogP contribution >= 0.6 is 0 Å². The molecule has 0 bridgehead atoms. The minimum Gasteiger partial charge on any atom is -0.299 e. The fraction of sp³-hybridized carbons (Fsp3) is 0.333. The molecule has 1 aromatic heterocycles. The maximum atomic E-state index is 11.5. The molecule has 0 saturated carbocycles. The highest BCUT2D eigenvalue weighted by Crippen LogP contribution is 2.05. The lowest BCUT2D eigenvalue weighted by molar-refractivity contribution is -0.118. The van der Waals surface area contributed by atoms with Crippen molar-refractivity contribution in [3.05, 3.63) is 42.2 Å². The molecule has 1 aromatic rings. The lowest BCUT2D eigenvalue weighted by Crippen LogP contribution is -2.02. The van der Waals surface area contributed by atoms with Crippen molar-refractivity contribution >= 4 is 5.78 Å². The van der Waals surface area contributed by atoms with Crippen molar-refractivity contribution in [1.82, 2.24) is 4.98 Å². The number of carbonyl (C=O) groups is 1. The van der Waals surface area contributed by atoms with E-state index in [2.05, 4.69) is 11.6 Å². The van der Waals surface area contributed by atoms with Crippen LogP contribution in [0.15, 0.2) is 36.7 Å². The summed E-state index contributed by atoms with van der Waals surface area (Å²) in [7, 11) is 0. The zero-order valence-corrected chi connectivity index (χ0v) is 8.49. The topological polar surface area (TPSA) is 30.0 Å². The van der Waals surface area contributed by atoms with Gasteiger partial charge < -0.3 is 0 Å². The van der Waals surface area contributed by atoms with Gasteiger partial charge in [-0.2, -0.15) is 0 Å². The summed E-state index contributed by atoms with van der Waals surface area (Å²) in [5.74, 6) is 0.263. The molecule has 2 heteroatoms. The van der Waals surface area contributed by atoms with Gasteiger partial charge in [0, 0.05) is 25.2 Å². The van der Waals surface area contributed by atoms with Crippen molar-refractivity contribution in [2.75, 3.05) is 0 Å². The van der Waals surface area contributed by atoms with Crippen molar-refractivity contribution in [2.24, 2.45) is 0 Å². The Bertz CT molecular complexity index is 316. The van der Waals surface area contributed by atoms with E-state index in [9.17, 15) is 4.79 Å². The van der Waals surface area contributed by atoms with E-state index in [1.165, 1.54) is 0 Å². The van der Waals surface area contributed by atoms with Gasteiger partial charge in [-0.15, -0.1) is 6.58 Å². The molecule has 0 unspecified atom stereocenters. The molecule has 2 nitrogen and oxygen atoms in total. The van der Waals surface area contributed by atoms with E-state index in [0.717, 1.165) is 17.6 Å². The first-order chi connectivity index (χ1) is 6.68. The Hall–Kier alpha value is -1.44. The van der Waals surface area contributed by atoms with Gasteiger partial charge in [0.25, 0.3) is 0 Å². The Morgan fingerprint density at radius 2 is 2.00 bits per heavy atom. The highest BCUT2D eigenvalue weighted by atomic mass is 16.1. The van der Waals surface area contributed by atoms with Gasteiger partial charge in [-0.3, -0.25) is 9.78 Å². The Kier molecular flexibility index (Phi) is 4.05. The monoisotopic (exact) mass is 189 g/mol. The summed E-state index contributed by atoms with van der Waals surface area (Å²) in [5, 5.41) is 0. The Morgan fingerprint density at radius 1 is 1.36 bits per heavy atom. The highest BCUT2D eigenvalue weighted by Gasteiger charge is 2.02. The molecule has 0 aliphatic carbocycles. The van der Waals surface area contributed by atoms with Crippen LogP contribution in [0.5, 0.6) is 0 Å². The number of aromatic nitrogens is 1. The number of hydrogen-bond acceptors (Lipinski definition) is 2. The van der Waals surface area contributed by atoms with Crippen LogP contribution in [0.1, 0.15) is 25.3 Å². The zero-order valence-electron chi connectivity index (χ0n) is 8.49. The van der Waals surface area contributed by atoms with Crippen LogP contribution < -0.4 is 0 Å². The summed E-state index contributed by atoms with van der Waals surface area (Å²) in [4.78, 5) is 15.4. The molecule has 0 atom stereocenters. The Labute approximate surface area is 84.7 Å². The standard InChI is InChI=1S/C12H15NO/c1-10(2)3-4-12(14)9-11-5-7-13-8-6-11/h5-8H,1,3-4,9H2,2H3. The van der Waals surface area contributed by atoms with E-state index in [0.29, 0.717) is 12.8 Å². The molecule has 0 fully saturated rings. The molecule has 0 radical (unpaired) electrons. The van der Waals surface area contributed by atoms with Crippen molar-refractivity contribution in [3.8, 4) is 0 Å².